The smallest absolute Gasteiger partial charge is 0.387 e. The van der Waals surface area contributed by atoms with Gasteiger partial charge in [-0.05, 0) is 18.2 Å². The molecule has 10 heteroatoms. The number of nitrogens with one attached hydrogen (secondary N) is 1. The Morgan fingerprint density at radius 3 is 2.30 bits per heavy atom. The van der Waals surface area contributed by atoms with Crippen LogP contribution in [-0.2, 0) is 4.79 Å². The van der Waals surface area contributed by atoms with Crippen LogP contribution >= 0.6 is 11.6 Å². The van der Waals surface area contributed by atoms with Crippen LogP contribution in [0, 0.1) is 0 Å². The molecule has 0 heterocycles. The molecule has 0 bridgehead atoms. The van der Waals surface area contributed by atoms with Crippen LogP contribution in [0.25, 0.3) is 0 Å². The summed E-state index contributed by atoms with van der Waals surface area (Å²) >= 11 is 5.49. The molecule has 1 aromatic rings. The SMILES string of the molecule is O=C(Nc1ccc(OC(F)F)c(Cl)c1)C(F)(F)C(F)F. The van der Waals surface area contributed by atoms with Crippen LogP contribution in [0.15, 0.2) is 18.2 Å². The molecule has 0 aromatic heterocycles. The lowest BCUT2D eigenvalue weighted by Gasteiger charge is -2.15. The predicted molar refractivity (Wildman–Crippen MR) is 57.7 cm³/mol. The van der Waals surface area contributed by atoms with Crippen LogP contribution in [0.5, 0.6) is 5.75 Å². The zero-order valence-electron chi connectivity index (χ0n) is 9.35. The first-order valence-corrected chi connectivity index (χ1v) is 5.24. The Balaban J connectivity index is 2.85. The van der Waals surface area contributed by atoms with E-state index < -0.39 is 35.6 Å². The van der Waals surface area contributed by atoms with Gasteiger partial charge in [0.05, 0.1) is 5.02 Å². The summed E-state index contributed by atoms with van der Waals surface area (Å²) in [7, 11) is 0. The second kappa shape index (κ2) is 6.21. The first-order valence-electron chi connectivity index (χ1n) is 4.86. The molecule has 1 N–H and O–H groups in total. The number of hydrogen-bond acceptors (Lipinski definition) is 2. The van der Waals surface area contributed by atoms with Gasteiger partial charge in [-0.15, -0.1) is 0 Å². The molecular weight excluding hydrogens is 316 g/mol. The summed E-state index contributed by atoms with van der Waals surface area (Å²) in [4.78, 5) is 10.9. The van der Waals surface area contributed by atoms with Crippen molar-refractivity contribution in [2.45, 2.75) is 19.0 Å². The third-order valence-electron chi connectivity index (χ3n) is 1.98. The third kappa shape index (κ3) is 3.92. The van der Waals surface area contributed by atoms with E-state index in [0.29, 0.717) is 0 Å². The standard InChI is InChI=1S/C10H6ClF6NO2/c11-5-3-4(1-2-6(5)20-9(14)15)18-8(19)10(16,17)7(12)13/h1-3,7,9H,(H,18,19). The molecule has 1 amide bonds. The van der Waals surface area contributed by atoms with Gasteiger partial charge in [0.25, 0.3) is 0 Å². The quantitative estimate of drug-likeness (QED) is 0.838. The largest absolute Gasteiger partial charge is 0.433 e. The molecule has 0 atom stereocenters. The number of carbonyl (C=O) groups excluding carboxylic acids is 1. The molecule has 0 aliphatic heterocycles. The molecule has 3 nitrogen and oxygen atoms in total. The molecule has 0 aliphatic rings. The Kier molecular flexibility index (Phi) is 5.09. The van der Waals surface area contributed by atoms with Crippen molar-refractivity contribution in [1.29, 1.82) is 0 Å². The van der Waals surface area contributed by atoms with E-state index in [2.05, 4.69) is 4.74 Å². The second-order valence-corrected chi connectivity index (χ2v) is 3.81. The highest BCUT2D eigenvalue weighted by atomic mass is 35.5. The Bertz CT molecular complexity index is 497. The van der Waals surface area contributed by atoms with Crippen molar-refractivity contribution in [1.82, 2.24) is 0 Å². The highest BCUT2D eigenvalue weighted by Crippen LogP contribution is 2.30. The topological polar surface area (TPSA) is 38.3 Å². The van der Waals surface area contributed by atoms with Gasteiger partial charge in [-0.1, -0.05) is 11.6 Å². The van der Waals surface area contributed by atoms with E-state index in [0.717, 1.165) is 18.2 Å². The highest BCUT2D eigenvalue weighted by Gasteiger charge is 2.48. The fourth-order valence-corrected chi connectivity index (χ4v) is 1.31. The van der Waals surface area contributed by atoms with Crippen molar-refractivity contribution >= 4 is 23.2 Å². The maximum absolute atomic E-state index is 12.7. The average molecular weight is 322 g/mol. The average Bonchev–Trinajstić information content (AvgIpc) is 2.31. The van der Waals surface area contributed by atoms with Crippen LogP contribution in [0.1, 0.15) is 0 Å². The minimum Gasteiger partial charge on any atom is -0.433 e. The fraction of sp³-hybridized carbons (Fsp3) is 0.300. The van der Waals surface area contributed by atoms with Crippen molar-refractivity contribution in [3.05, 3.63) is 23.2 Å². The van der Waals surface area contributed by atoms with E-state index >= 15 is 0 Å². The number of benzene rings is 1. The molecule has 0 spiro atoms. The third-order valence-corrected chi connectivity index (χ3v) is 2.28. The summed E-state index contributed by atoms with van der Waals surface area (Å²) < 4.78 is 77.0. The summed E-state index contributed by atoms with van der Waals surface area (Å²) in [6.45, 7) is -3.16. The normalized spacial score (nSPS) is 11.8. The van der Waals surface area contributed by atoms with Gasteiger partial charge in [0.1, 0.15) is 5.75 Å². The van der Waals surface area contributed by atoms with Crippen molar-refractivity contribution in [3.63, 3.8) is 0 Å². The van der Waals surface area contributed by atoms with Crippen molar-refractivity contribution in [2.24, 2.45) is 0 Å². The number of hydrogen-bond donors (Lipinski definition) is 1. The molecular formula is C10H6ClF6NO2. The molecule has 1 rings (SSSR count). The molecule has 0 radical (unpaired) electrons. The van der Waals surface area contributed by atoms with Gasteiger partial charge in [0.2, 0.25) is 0 Å². The lowest BCUT2D eigenvalue weighted by molar-refractivity contribution is -0.163. The van der Waals surface area contributed by atoms with Crippen molar-refractivity contribution in [3.8, 4) is 5.75 Å². The molecule has 0 unspecified atom stereocenters. The van der Waals surface area contributed by atoms with Gasteiger partial charge in [-0.3, -0.25) is 4.79 Å². The minimum absolute atomic E-state index is 0.373. The van der Waals surface area contributed by atoms with Gasteiger partial charge in [-0.2, -0.15) is 17.6 Å². The van der Waals surface area contributed by atoms with Crippen LogP contribution in [0.3, 0.4) is 0 Å². The van der Waals surface area contributed by atoms with Crippen LogP contribution < -0.4 is 10.1 Å². The van der Waals surface area contributed by atoms with Gasteiger partial charge < -0.3 is 10.1 Å². The van der Waals surface area contributed by atoms with Crippen LogP contribution in [-0.4, -0.2) is 24.9 Å². The summed E-state index contributed by atoms with van der Waals surface area (Å²) in [6.07, 6.45) is -4.18. The zero-order chi connectivity index (χ0) is 15.5. The van der Waals surface area contributed by atoms with E-state index in [-0.39, 0.29) is 5.69 Å². The first kappa shape index (κ1) is 16.4. The maximum Gasteiger partial charge on any atom is 0.387 e. The molecule has 20 heavy (non-hydrogen) atoms. The summed E-state index contributed by atoms with van der Waals surface area (Å²) in [5.74, 6) is -7.59. The Morgan fingerprint density at radius 1 is 1.25 bits per heavy atom. The Labute approximate surface area is 113 Å². The fourth-order valence-electron chi connectivity index (χ4n) is 1.08. The highest BCUT2D eigenvalue weighted by molar-refractivity contribution is 6.32. The number of anilines is 1. The molecule has 0 fully saturated rings. The molecule has 0 saturated heterocycles. The van der Waals surface area contributed by atoms with Crippen LogP contribution in [0.2, 0.25) is 5.02 Å². The number of alkyl halides is 6. The van der Waals surface area contributed by atoms with Crippen molar-refractivity contribution in [2.75, 3.05) is 5.32 Å². The number of amides is 1. The Morgan fingerprint density at radius 2 is 1.85 bits per heavy atom. The summed E-state index contributed by atoms with van der Waals surface area (Å²) in [5.41, 5.74) is -0.373. The zero-order valence-corrected chi connectivity index (χ0v) is 10.1. The molecule has 112 valence electrons. The number of rotatable bonds is 5. The minimum atomic E-state index is -4.88. The first-order chi connectivity index (χ1) is 9.14. The number of ether oxygens (including phenoxy) is 1. The van der Waals surface area contributed by atoms with E-state index in [4.69, 9.17) is 11.6 Å². The molecule has 0 saturated carbocycles. The van der Waals surface area contributed by atoms with Gasteiger partial charge >= 0.3 is 24.9 Å². The van der Waals surface area contributed by atoms with Crippen LogP contribution in [0.4, 0.5) is 32.0 Å². The van der Waals surface area contributed by atoms with E-state index in [1.807, 2.05) is 0 Å². The maximum atomic E-state index is 12.7. The lowest BCUT2D eigenvalue weighted by Crippen LogP contribution is -2.40. The van der Waals surface area contributed by atoms with Crippen molar-refractivity contribution < 1.29 is 35.9 Å². The van der Waals surface area contributed by atoms with Gasteiger partial charge in [0, 0.05) is 5.69 Å². The van der Waals surface area contributed by atoms with Gasteiger partial charge in [0.15, 0.2) is 0 Å². The number of carbonyl (C=O) groups is 1. The van der Waals surface area contributed by atoms with Gasteiger partial charge in [-0.25, -0.2) is 8.78 Å². The second-order valence-electron chi connectivity index (χ2n) is 3.40. The Hall–Kier alpha value is -1.64. The van der Waals surface area contributed by atoms with E-state index in [1.54, 1.807) is 0 Å². The molecule has 1 aromatic carbocycles. The summed E-state index contributed by atoms with van der Waals surface area (Å²) in [5, 5.41) is 1.08. The van der Waals surface area contributed by atoms with E-state index in [1.165, 1.54) is 5.32 Å². The molecule has 0 aliphatic carbocycles. The number of halogens is 7. The van der Waals surface area contributed by atoms with E-state index in [9.17, 15) is 31.1 Å². The summed E-state index contributed by atoms with van der Waals surface area (Å²) in [6, 6.07) is 2.56. The lowest BCUT2D eigenvalue weighted by atomic mass is 10.2. The monoisotopic (exact) mass is 321 g/mol. The predicted octanol–water partition coefficient (Wildman–Crippen LogP) is 3.78.